The highest BCUT2D eigenvalue weighted by Crippen LogP contribution is 2.47. The van der Waals surface area contributed by atoms with Gasteiger partial charge in [0.15, 0.2) is 10.8 Å². The van der Waals surface area contributed by atoms with Crippen molar-refractivity contribution in [2.75, 3.05) is 11.4 Å². The lowest BCUT2D eigenvalue weighted by atomic mass is 9.91. The highest BCUT2D eigenvalue weighted by atomic mass is 32.2. The van der Waals surface area contributed by atoms with Gasteiger partial charge in [-0.3, -0.25) is 9.59 Å². The Hall–Kier alpha value is -2.64. The van der Waals surface area contributed by atoms with Gasteiger partial charge in [-0.2, -0.15) is 4.99 Å². The van der Waals surface area contributed by atoms with Gasteiger partial charge in [-0.15, -0.1) is 0 Å². The second-order valence-electron chi connectivity index (χ2n) is 6.62. The number of rotatable bonds is 5. The normalized spacial score (nSPS) is 24.3. The number of aliphatic hydroxyl groups is 1. The summed E-state index contributed by atoms with van der Waals surface area (Å²) in [4.78, 5) is 30.7. The minimum Gasteiger partial charge on any atom is -0.378 e. The fourth-order valence-corrected chi connectivity index (χ4v) is 4.59. The first kappa shape index (κ1) is 17.8. The Bertz CT molecular complexity index is 931. The van der Waals surface area contributed by atoms with Crippen LogP contribution in [0.15, 0.2) is 59.6 Å². The largest absolute Gasteiger partial charge is 0.378 e. The summed E-state index contributed by atoms with van der Waals surface area (Å²) in [5, 5.41) is 10.3. The van der Waals surface area contributed by atoms with Crippen LogP contribution in [0.1, 0.15) is 17.5 Å². The van der Waals surface area contributed by atoms with E-state index in [1.807, 2.05) is 36.4 Å². The third-order valence-corrected chi connectivity index (χ3v) is 6.04. The summed E-state index contributed by atoms with van der Waals surface area (Å²) in [5.74, 6) is -1.07. The smallest absolute Gasteiger partial charge is 0.265 e. The summed E-state index contributed by atoms with van der Waals surface area (Å²) >= 11 is 0.941. The molecule has 2 aromatic rings. The van der Waals surface area contributed by atoms with Gasteiger partial charge in [0.05, 0.1) is 5.69 Å². The number of hydrogen-bond acceptors (Lipinski definition) is 5. The summed E-state index contributed by atoms with van der Waals surface area (Å²) in [5.41, 5.74) is 5.96. The molecule has 27 heavy (non-hydrogen) atoms. The van der Waals surface area contributed by atoms with Crippen molar-refractivity contribution in [2.45, 2.75) is 23.7 Å². The molecular formula is C20H19N3O3S. The minimum absolute atomic E-state index is 0.0752. The number of amidine groups is 1. The van der Waals surface area contributed by atoms with E-state index >= 15 is 0 Å². The van der Waals surface area contributed by atoms with Gasteiger partial charge in [-0.1, -0.05) is 60.3 Å². The number of fused-ring (bicyclic) bond motifs is 1. The topological polar surface area (TPSA) is 96.0 Å². The molecule has 4 rings (SSSR count). The SMILES string of the molecule is NC1=NC(=O)[C@H]([C@]2(O)C(=O)N(CCCc3ccccc3)c3ccccc32)S1. The molecule has 0 bridgehead atoms. The number of thioether (sulfide) groups is 1. The van der Waals surface area contributed by atoms with E-state index in [9.17, 15) is 14.7 Å². The van der Waals surface area contributed by atoms with E-state index < -0.39 is 22.7 Å². The molecule has 138 valence electrons. The Morgan fingerprint density at radius 2 is 1.81 bits per heavy atom. The van der Waals surface area contributed by atoms with Crippen LogP contribution in [-0.4, -0.2) is 33.9 Å². The molecule has 0 unspecified atom stereocenters. The van der Waals surface area contributed by atoms with E-state index in [2.05, 4.69) is 4.99 Å². The second-order valence-corrected chi connectivity index (χ2v) is 7.74. The first-order valence-electron chi connectivity index (χ1n) is 8.74. The quantitative estimate of drug-likeness (QED) is 0.823. The molecule has 0 aromatic heterocycles. The molecule has 2 aromatic carbocycles. The molecule has 0 saturated carbocycles. The predicted molar refractivity (Wildman–Crippen MR) is 105 cm³/mol. The van der Waals surface area contributed by atoms with Crippen LogP contribution < -0.4 is 10.6 Å². The lowest BCUT2D eigenvalue weighted by Gasteiger charge is -2.26. The van der Waals surface area contributed by atoms with Crippen molar-refractivity contribution < 1.29 is 14.7 Å². The van der Waals surface area contributed by atoms with Crippen LogP contribution >= 0.6 is 11.8 Å². The zero-order valence-electron chi connectivity index (χ0n) is 14.5. The number of nitrogens with zero attached hydrogens (tertiary/aromatic N) is 2. The van der Waals surface area contributed by atoms with Gasteiger partial charge in [0.25, 0.3) is 11.8 Å². The molecule has 2 amide bonds. The van der Waals surface area contributed by atoms with Gasteiger partial charge in [0.2, 0.25) is 0 Å². The van der Waals surface area contributed by atoms with Crippen LogP contribution in [0.4, 0.5) is 5.69 Å². The molecule has 0 aliphatic carbocycles. The monoisotopic (exact) mass is 381 g/mol. The number of benzene rings is 2. The summed E-state index contributed by atoms with van der Waals surface area (Å²) in [6.07, 6.45) is 1.56. The molecule has 0 spiro atoms. The van der Waals surface area contributed by atoms with Crippen molar-refractivity contribution in [2.24, 2.45) is 10.7 Å². The van der Waals surface area contributed by atoms with E-state index in [0.717, 1.165) is 24.6 Å². The van der Waals surface area contributed by atoms with Gasteiger partial charge in [0, 0.05) is 12.1 Å². The lowest BCUT2D eigenvalue weighted by molar-refractivity contribution is -0.140. The summed E-state index contributed by atoms with van der Waals surface area (Å²) in [6.45, 7) is 0.453. The van der Waals surface area contributed by atoms with E-state index in [1.54, 1.807) is 23.1 Å². The zero-order valence-corrected chi connectivity index (χ0v) is 15.4. The fraction of sp³-hybridized carbons (Fsp3) is 0.250. The van der Waals surface area contributed by atoms with E-state index in [4.69, 9.17) is 5.73 Å². The number of aryl methyl sites for hydroxylation is 1. The average molecular weight is 381 g/mol. The molecule has 3 N–H and O–H groups in total. The molecule has 7 heteroatoms. The Balaban J connectivity index is 1.59. The van der Waals surface area contributed by atoms with E-state index in [1.165, 1.54) is 5.56 Å². The van der Waals surface area contributed by atoms with Crippen molar-refractivity contribution in [3.8, 4) is 0 Å². The Kier molecular flexibility index (Phi) is 4.49. The zero-order chi connectivity index (χ0) is 19.0. The number of amides is 2. The maximum atomic E-state index is 13.2. The maximum Gasteiger partial charge on any atom is 0.265 e. The van der Waals surface area contributed by atoms with Crippen molar-refractivity contribution >= 4 is 34.4 Å². The third-order valence-electron chi connectivity index (χ3n) is 4.93. The lowest BCUT2D eigenvalue weighted by Crippen LogP contribution is -2.49. The summed E-state index contributed by atoms with van der Waals surface area (Å²) < 4.78 is 0. The number of nitrogens with two attached hydrogens (primary N) is 1. The van der Waals surface area contributed by atoms with Crippen LogP contribution in [0.5, 0.6) is 0 Å². The molecule has 2 atom stereocenters. The maximum absolute atomic E-state index is 13.2. The first-order valence-corrected chi connectivity index (χ1v) is 9.62. The van der Waals surface area contributed by atoms with Crippen LogP contribution in [-0.2, 0) is 21.6 Å². The number of carbonyl (C=O) groups is 2. The van der Waals surface area contributed by atoms with Crippen molar-refractivity contribution in [1.82, 2.24) is 0 Å². The number of aliphatic imine (C=N–C) groups is 1. The fourth-order valence-electron chi connectivity index (χ4n) is 3.65. The van der Waals surface area contributed by atoms with E-state index in [-0.39, 0.29) is 5.17 Å². The van der Waals surface area contributed by atoms with Crippen LogP contribution in [0.25, 0.3) is 0 Å². The number of anilines is 1. The van der Waals surface area contributed by atoms with Crippen molar-refractivity contribution in [3.63, 3.8) is 0 Å². The molecule has 0 fully saturated rings. The Morgan fingerprint density at radius 3 is 2.52 bits per heavy atom. The minimum atomic E-state index is -1.95. The first-order chi connectivity index (χ1) is 13.0. The highest BCUT2D eigenvalue weighted by Gasteiger charge is 2.58. The molecule has 2 aliphatic rings. The molecular weight excluding hydrogens is 362 g/mol. The van der Waals surface area contributed by atoms with Gasteiger partial charge in [-0.25, -0.2) is 0 Å². The summed E-state index contributed by atoms with van der Waals surface area (Å²) in [6, 6.07) is 17.1. The number of carbonyl (C=O) groups excluding carboxylic acids is 2. The number of para-hydroxylation sites is 1. The van der Waals surface area contributed by atoms with Crippen LogP contribution in [0.3, 0.4) is 0 Å². The second kappa shape index (κ2) is 6.83. The summed E-state index contributed by atoms with van der Waals surface area (Å²) in [7, 11) is 0. The third kappa shape index (κ3) is 2.93. The average Bonchev–Trinajstić information content (AvgIpc) is 3.13. The standard InChI is InChI=1S/C20H19N3O3S/c21-19-22-17(24)16(27-19)20(26)14-10-4-5-11-15(14)23(18(20)25)12-6-9-13-7-2-1-3-8-13/h1-5,7-8,10-11,16,26H,6,9,12H2,(H2,21,22,24)/t16-,20+/m1/s1. The number of hydrogen-bond donors (Lipinski definition) is 2. The highest BCUT2D eigenvalue weighted by molar-refractivity contribution is 8.15. The molecule has 2 heterocycles. The van der Waals surface area contributed by atoms with Crippen LogP contribution in [0, 0.1) is 0 Å². The van der Waals surface area contributed by atoms with Gasteiger partial charge < -0.3 is 15.7 Å². The van der Waals surface area contributed by atoms with E-state index in [0.29, 0.717) is 17.8 Å². The van der Waals surface area contributed by atoms with Gasteiger partial charge >= 0.3 is 0 Å². The van der Waals surface area contributed by atoms with Crippen molar-refractivity contribution in [1.29, 1.82) is 0 Å². The molecule has 6 nitrogen and oxygen atoms in total. The molecule has 0 radical (unpaired) electrons. The van der Waals surface area contributed by atoms with Gasteiger partial charge in [0.1, 0.15) is 5.25 Å². The molecule has 0 saturated heterocycles. The Labute approximate surface area is 161 Å². The van der Waals surface area contributed by atoms with Gasteiger partial charge in [-0.05, 0) is 24.5 Å². The van der Waals surface area contributed by atoms with Crippen molar-refractivity contribution in [3.05, 3.63) is 65.7 Å². The Morgan fingerprint density at radius 1 is 1.11 bits per heavy atom. The molecule has 2 aliphatic heterocycles. The van der Waals surface area contributed by atoms with Crippen LogP contribution in [0.2, 0.25) is 0 Å². The predicted octanol–water partition coefficient (Wildman–Crippen LogP) is 1.81.